The molecular weight excluding hydrogens is 232 g/mol. The van der Waals surface area contributed by atoms with Crippen molar-refractivity contribution in [3.8, 4) is 0 Å². The molecule has 0 radical (unpaired) electrons. The third-order valence-corrected chi connectivity index (χ3v) is 5.56. The molecule has 0 N–H and O–H groups in total. The van der Waals surface area contributed by atoms with Crippen LogP contribution >= 0.6 is 0 Å². The molecule has 0 saturated heterocycles. The van der Waals surface area contributed by atoms with Gasteiger partial charge in [-0.2, -0.15) is 0 Å². The van der Waals surface area contributed by atoms with Crippen molar-refractivity contribution < 1.29 is 4.74 Å². The maximum Gasteiger partial charge on any atom is 0.0719 e. The number of hydrogen-bond acceptors (Lipinski definition) is 1. The number of hydrogen-bond donors (Lipinski definition) is 0. The monoisotopic (exact) mass is 258 g/mol. The van der Waals surface area contributed by atoms with E-state index in [9.17, 15) is 0 Å². The molecule has 0 fully saturated rings. The molecule has 2 aliphatic rings. The first kappa shape index (κ1) is 13.2. The molecule has 1 heterocycles. The van der Waals surface area contributed by atoms with Gasteiger partial charge in [0.25, 0.3) is 0 Å². The van der Waals surface area contributed by atoms with Crippen LogP contribution in [0.2, 0.25) is 0 Å². The van der Waals surface area contributed by atoms with Crippen LogP contribution in [-0.2, 0) is 17.8 Å². The van der Waals surface area contributed by atoms with Gasteiger partial charge in [-0.05, 0) is 51.8 Å². The molecule has 0 aromatic heterocycles. The number of benzene rings is 1. The molecule has 1 heteroatoms. The Bertz CT molecular complexity index is 499. The van der Waals surface area contributed by atoms with Crippen LogP contribution in [0.25, 0.3) is 0 Å². The minimum atomic E-state index is 0.362. The molecule has 19 heavy (non-hydrogen) atoms. The van der Waals surface area contributed by atoms with Crippen molar-refractivity contribution in [3.63, 3.8) is 0 Å². The fraction of sp³-hybridized carbons (Fsp3) is 0.667. The van der Waals surface area contributed by atoms with E-state index in [1.807, 2.05) is 0 Å². The number of rotatable bonds is 1. The van der Waals surface area contributed by atoms with Crippen molar-refractivity contribution >= 4 is 0 Å². The van der Waals surface area contributed by atoms with E-state index >= 15 is 0 Å². The molecule has 1 aliphatic heterocycles. The van der Waals surface area contributed by atoms with Crippen molar-refractivity contribution in [1.29, 1.82) is 0 Å². The molecule has 1 aromatic rings. The summed E-state index contributed by atoms with van der Waals surface area (Å²) >= 11 is 0. The molecule has 2 unspecified atom stereocenters. The minimum Gasteiger partial charge on any atom is -0.376 e. The highest BCUT2D eigenvalue weighted by molar-refractivity contribution is 5.48. The lowest BCUT2D eigenvalue weighted by molar-refractivity contribution is 0.110. The van der Waals surface area contributed by atoms with Crippen molar-refractivity contribution in [2.45, 2.75) is 59.5 Å². The molecule has 0 amide bonds. The third kappa shape index (κ3) is 1.86. The normalized spacial score (nSPS) is 28.3. The Morgan fingerprint density at radius 3 is 2.53 bits per heavy atom. The first-order valence-corrected chi connectivity index (χ1v) is 7.66. The summed E-state index contributed by atoms with van der Waals surface area (Å²) in [5, 5.41) is 0. The van der Waals surface area contributed by atoms with Gasteiger partial charge in [0.1, 0.15) is 0 Å². The van der Waals surface area contributed by atoms with E-state index in [-0.39, 0.29) is 0 Å². The largest absolute Gasteiger partial charge is 0.376 e. The summed E-state index contributed by atoms with van der Waals surface area (Å²) in [4.78, 5) is 0. The molecule has 104 valence electrons. The quantitative estimate of drug-likeness (QED) is 0.713. The first-order valence-electron chi connectivity index (χ1n) is 7.66. The van der Waals surface area contributed by atoms with E-state index in [2.05, 4.69) is 46.8 Å². The van der Waals surface area contributed by atoms with Crippen LogP contribution < -0.4 is 0 Å². The average Bonchev–Trinajstić information content (AvgIpc) is 2.54. The smallest absolute Gasteiger partial charge is 0.0719 e. The van der Waals surface area contributed by atoms with Crippen LogP contribution in [-0.4, -0.2) is 6.61 Å². The predicted octanol–water partition coefficient (Wildman–Crippen LogP) is 4.64. The summed E-state index contributed by atoms with van der Waals surface area (Å²) in [5.41, 5.74) is 6.51. The molecule has 0 saturated carbocycles. The van der Waals surface area contributed by atoms with Crippen molar-refractivity contribution in [2.24, 2.45) is 11.3 Å². The molecule has 0 bridgehead atoms. The van der Waals surface area contributed by atoms with Crippen molar-refractivity contribution in [2.75, 3.05) is 6.61 Å². The molecule has 3 rings (SSSR count). The van der Waals surface area contributed by atoms with Gasteiger partial charge in [-0.25, -0.2) is 0 Å². The Balaban J connectivity index is 2.15. The Morgan fingerprint density at radius 1 is 1.16 bits per heavy atom. The minimum absolute atomic E-state index is 0.362. The average molecular weight is 258 g/mol. The second-order valence-corrected chi connectivity index (χ2v) is 7.32. The maximum atomic E-state index is 5.63. The predicted molar refractivity (Wildman–Crippen MR) is 79.6 cm³/mol. The van der Waals surface area contributed by atoms with E-state index in [0.29, 0.717) is 23.2 Å². The van der Waals surface area contributed by atoms with Gasteiger partial charge in [-0.1, -0.05) is 46.8 Å². The SMILES string of the molecule is CC(C)C1c2cc3c(cc2C(C)C1(C)C)CCOC3. The van der Waals surface area contributed by atoms with Crippen molar-refractivity contribution in [1.82, 2.24) is 0 Å². The molecule has 2 atom stereocenters. The van der Waals surface area contributed by atoms with E-state index in [4.69, 9.17) is 4.74 Å². The van der Waals surface area contributed by atoms with Crippen LogP contribution in [0.1, 0.15) is 68.7 Å². The fourth-order valence-corrected chi connectivity index (χ4v) is 4.39. The second-order valence-electron chi connectivity index (χ2n) is 7.32. The molecule has 1 aliphatic carbocycles. The first-order chi connectivity index (χ1) is 8.93. The van der Waals surface area contributed by atoms with Gasteiger partial charge in [0.15, 0.2) is 0 Å². The summed E-state index contributed by atoms with van der Waals surface area (Å²) in [6.45, 7) is 13.7. The van der Waals surface area contributed by atoms with Gasteiger partial charge in [0.2, 0.25) is 0 Å². The Morgan fingerprint density at radius 2 is 1.84 bits per heavy atom. The lowest BCUT2D eigenvalue weighted by Crippen LogP contribution is -2.24. The number of fused-ring (bicyclic) bond motifs is 2. The summed E-state index contributed by atoms with van der Waals surface area (Å²) in [5.74, 6) is 2.02. The maximum absolute atomic E-state index is 5.63. The summed E-state index contributed by atoms with van der Waals surface area (Å²) < 4.78 is 5.63. The zero-order valence-electron chi connectivity index (χ0n) is 12.9. The topological polar surface area (TPSA) is 9.23 Å². The summed E-state index contributed by atoms with van der Waals surface area (Å²) in [6.07, 6.45) is 1.09. The summed E-state index contributed by atoms with van der Waals surface area (Å²) in [6, 6.07) is 4.95. The van der Waals surface area contributed by atoms with Crippen LogP contribution in [0.15, 0.2) is 12.1 Å². The number of ether oxygens (including phenoxy) is 1. The fourth-order valence-electron chi connectivity index (χ4n) is 4.39. The highest BCUT2D eigenvalue weighted by Gasteiger charge is 2.46. The Hall–Kier alpha value is -0.820. The van der Waals surface area contributed by atoms with Crippen LogP contribution in [0.4, 0.5) is 0 Å². The van der Waals surface area contributed by atoms with Crippen LogP contribution in [0, 0.1) is 11.3 Å². The van der Waals surface area contributed by atoms with Gasteiger partial charge < -0.3 is 4.74 Å². The third-order valence-electron chi connectivity index (χ3n) is 5.56. The molecule has 1 nitrogen and oxygen atoms in total. The molecule has 1 aromatic carbocycles. The van der Waals surface area contributed by atoms with Gasteiger partial charge in [0, 0.05) is 0 Å². The zero-order chi connectivity index (χ0) is 13.8. The standard InChI is InChI=1S/C18H26O/c1-11(2)17-16-9-14-10-19-7-6-13(14)8-15(16)12(3)18(17,4)5/h8-9,11-12,17H,6-7,10H2,1-5H3. The van der Waals surface area contributed by atoms with Gasteiger partial charge in [0.05, 0.1) is 13.2 Å². The van der Waals surface area contributed by atoms with Crippen molar-refractivity contribution in [3.05, 3.63) is 34.4 Å². The zero-order valence-corrected chi connectivity index (χ0v) is 12.9. The van der Waals surface area contributed by atoms with Crippen LogP contribution in [0.5, 0.6) is 0 Å². The molecular formula is C18H26O. The van der Waals surface area contributed by atoms with Crippen LogP contribution in [0.3, 0.4) is 0 Å². The summed E-state index contributed by atoms with van der Waals surface area (Å²) in [7, 11) is 0. The second kappa shape index (κ2) is 4.34. The van der Waals surface area contributed by atoms with E-state index in [1.165, 1.54) is 11.1 Å². The highest BCUT2D eigenvalue weighted by atomic mass is 16.5. The molecule has 0 spiro atoms. The van der Waals surface area contributed by atoms with E-state index < -0.39 is 0 Å². The van der Waals surface area contributed by atoms with Gasteiger partial charge in [-0.15, -0.1) is 0 Å². The lowest BCUT2D eigenvalue weighted by atomic mass is 9.70. The Labute approximate surface area is 117 Å². The van der Waals surface area contributed by atoms with E-state index in [1.54, 1.807) is 11.1 Å². The van der Waals surface area contributed by atoms with Gasteiger partial charge >= 0.3 is 0 Å². The lowest BCUT2D eigenvalue weighted by Gasteiger charge is -2.34. The Kier molecular flexibility index (Phi) is 3.01. The van der Waals surface area contributed by atoms with Gasteiger partial charge in [-0.3, -0.25) is 0 Å². The van der Waals surface area contributed by atoms with E-state index in [0.717, 1.165) is 19.6 Å². The highest BCUT2D eigenvalue weighted by Crippen LogP contribution is 2.58.